The van der Waals surface area contributed by atoms with Crippen LogP contribution in [0.5, 0.6) is 0 Å². The topological polar surface area (TPSA) is 94.0 Å². The number of aromatic nitrogens is 2. The Balaban J connectivity index is 1.85. The molecule has 7 nitrogen and oxygen atoms in total. The van der Waals surface area contributed by atoms with Crippen LogP contribution in [0, 0.1) is 11.3 Å². The Labute approximate surface area is 190 Å². The van der Waals surface area contributed by atoms with E-state index in [2.05, 4.69) is 20.6 Å². The third-order valence-corrected chi connectivity index (χ3v) is 5.46. The van der Waals surface area contributed by atoms with Gasteiger partial charge >= 0.3 is 6.18 Å². The number of halogens is 6. The van der Waals surface area contributed by atoms with Gasteiger partial charge in [-0.1, -0.05) is 18.5 Å². The van der Waals surface area contributed by atoms with Gasteiger partial charge in [0.1, 0.15) is 0 Å². The second kappa shape index (κ2) is 9.46. The molecule has 1 aromatic heterocycles. The van der Waals surface area contributed by atoms with Crippen LogP contribution >= 0.6 is 11.6 Å². The van der Waals surface area contributed by atoms with E-state index in [0.29, 0.717) is 12.4 Å². The van der Waals surface area contributed by atoms with Crippen molar-refractivity contribution in [2.75, 3.05) is 23.7 Å². The number of likely N-dealkylation sites (tertiary alicyclic amines) is 1. The van der Waals surface area contributed by atoms with Crippen LogP contribution < -0.4 is 10.6 Å². The maximum atomic E-state index is 14.4. The van der Waals surface area contributed by atoms with Gasteiger partial charge in [0.15, 0.2) is 0 Å². The number of alkyl halides is 5. The van der Waals surface area contributed by atoms with Crippen molar-refractivity contribution in [2.45, 2.75) is 31.5 Å². The van der Waals surface area contributed by atoms with E-state index in [-0.39, 0.29) is 28.8 Å². The van der Waals surface area contributed by atoms with Crippen LogP contribution in [0.15, 0.2) is 30.6 Å². The molecule has 13 heteroatoms. The van der Waals surface area contributed by atoms with Gasteiger partial charge in [-0.25, -0.2) is 18.7 Å². The molecule has 33 heavy (non-hydrogen) atoms. The van der Waals surface area contributed by atoms with Crippen LogP contribution in [0.3, 0.4) is 0 Å². The molecule has 2 atom stereocenters. The molecule has 0 spiro atoms. The lowest BCUT2D eigenvalue weighted by Gasteiger charge is -2.43. The summed E-state index contributed by atoms with van der Waals surface area (Å²) in [4.78, 5) is 21.5. The summed E-state index contributed by atoms with van der Waals surface area (Å²) in [5.41, 5.74) is -0.798. The van der Waals surface area contributed by atoms with Gasteiger partial charge in [0.25, 0.3) is 11.8 Å². The van der Waals surface area contributed by atoms with E-state index in [1.54, 1.807) is 6.92 Å². The Morgan fingerprint density at radius 2 is 2.00 bits per heavy atom. The highest BCUT2D eigenvalue weighted by molar-refractivity contribution is 6.31. The largest absolute Gasteiger partial charge is 0.419 e. The van der Waals surface area contributed by atoms with Crippen molar-refractivity contribution in [3.05, 3.63) is 46.7 Å². The van der Waals surface area contributed by atoms with E-state index in [1.807, 2.05) is 0 Å². The summed E-state index contributed by atoms with van der Waals surface area (Å²) in [5.74, 6) is -4.65. The lowest BCUT2D eigenvalue weighted by atomic mass is 9.87. The summed E-state index contributed by atoms with van der Waals surface area (Å²) in [6.45, 7) is 0.636. The quantitative estimate of drug-likeness (QED) is 0.308. The predicted molar refractivity (Wildman–Crippen MR) is 113 cm³/mol. The highest BCUT2D eigenvalue weighted by Crippen LogP contribution is 2.36. The van der Waals surface area contributed by atoms with Crippen molar-refractivity contribution in [3.8, 4) is 0 Å². The first-order valence-electron chi connectivity index (χ1n) is 9.78. The summed E-state index contributed by atoms with van der Waals surface area (Å²) in [5, 5.41) is 12.7. The fourth-order valence-corrected chi connectivity index (χ4v) is 3.86. The lowest BCUT2D eigenvalue weighted by molar-refractivity contribution is -0.138. The molecule has 1 aliphatic heterocycles. The molecule has 0 aliphatic carbocycles. The van der Waals surface area contributed by atoms with Crippen LogP contribution in [0.2, 0.25) is 5.02 Å². The van der Waals surface area contributed by atoms with Crippen molar-refractivity contribution in [3.63, 3.8) is 0 Å². The van der Waals surface area contributed by atoms with Gasteiger partial charge in [-0.3, -0.25) is 10.2 Å². The molecule has 3 rings (SSSR count). The third kappa shape index (κ3) is 5.86. The number of amides is 1. The second-order valence-corrected chi connectivity index (χ2v) is 8.13. The minimum atomic E-state index is -4.59. The molecule has 178 valence electrons. The fraction of sp³-hybridized carbons (Fsp3) is 0.400. The Morgan fingerprint density at radius 1 is 1.33 bits per heavy atom. The number of carbonyl (C=O) groups is 1. The van der Waals surface area contributed by atoms with Crippen molar-refractivity contribution >= 4 is 35.5 Å². The molecule has 2 heterocycles. The van der Waals surface area contributed by atoms with Gasteiger partial charge in [0.05, 0.1) is 35.7 Å². The van der Waals surface area contributed by atoms with Crippen molar-refractivity contribution < 1.29 is 26.7 Å². The van der Waals surface area contributed by atoms with Gasteiger partial charge in [0, 0.05) is 30.4 Å². The molecular formula is C20H20ClF5N6O. The van der Waals surface area contributed by atoms with Gasteiger partial charge < -0.3 is 15.5 Å². The molecule has 1 aromatic carbocycles. The second-order valence-electron chi connectivity index (χ2n) is 7.69. The van der Waals surface area contributed by atoms with Crippen LogP contribution in [-0.2, 0) is 6.18 Å². The van der Waals surface area contributed by atoms with Crippen molar-refractivity contribution in [2.24, 2.45) is 5.92 Å². The first kappa shape index (κ1) is 24.6. The number of carbonyl (C=O) groups excluding carboxylic acids is 1. The Morgan fingerprint density at radius 3 is 2.61 bits per heavy atom. The fourth-order valence-electron chi connectivity index (χ4n) is 3.69. The van der Waals surface area contributed by atoms with Crippen LogP contribution in [0.4, 0.5) is 33.6 Å². The summed E-state index contributed by atoms with van der Waals surface area (Å²) < 4.78 is 66.8. The zero-order chi connectivity index (χ0) is 24.4. The molecule has 2 aromatic rings. The highest BCUT2D eigenvalue weighted by atomic mass is 35.5. The monoisotopic (exact) mass is 490 g/mol. The molecule has 1 fully saturated rings. The summed E-state index contributed by atoms with van der Waals surface area (Å²) in [6.07, 6.45) is -3.01. The molecule has 1 amide bonds. The number of piperidine rings is 1. The van der Waals surface area contributed by atoms with Crippen molar-refractivity contribution in [1.29, 1.82) is 5.41 Å². The molecule has 3 N–H and O–H groups in total. The summed E-state index contributed by atoms with van der Waals surface area (Å²) >= 11 is 5.99. The van der Waals surface area contributed by atoms with E-state index >= 15 is 0 Å². The molecule has 1 unspecified atom stereocenters. The van der Waals surface area contributed by atoms with Gasteiger partial charge in [-0.2, -0.15) is 13.2 Å². The third-order valence-electron chi connectivity index (χ3n) is 5.23. The molecule has 0 bridgehead atoms. The standard InChI is InChI=1S/C20H20ClF5N6O/c1-11-5-19(22,23)9-32(17(33)14-4-13(21)2-3-15(14)31-10-27)16(11)8-30-18-28-6-12(7-29-18)20(24,25)26/h2-4,6-7,10-11,16H,5,8-9H2,1H3,(H2,27,31)(H,28,29,30)/t11?,16-/m1/s1. The van der Waals surface area contributed by atoms with Crippen LogP contribution in [0.25, 0.3) is 0 Å². The van der Waals surface area contributed by atoms with E-state index in [4.69, 9.17) is 17.0 Å². The van der Waals surface area contributed by atoms with Crippen molar-refractivity contribution in [1.82, 2.24) is 14.9 Å². The van der Waals surface area contributed by atoms with E-state index in [1.165, 1.54) is 18.2 Å². The zero-order valence-electron chi connectivity index (χ0n) is 17.3. The Bertz CT molecular complexity index is 1020. The minimum absolute atomic E-state index is 0.00619. The number of hydrogen-bond donors (Lipinski definition) is 3. The predicted octanol–water partition coefficient (Wildman–Crippen LogP) is 4.77. The summed E-state index contributed by atoms with van der Waals surface area (Å²) in [7, 11) is 0. The van der Waals surface area contributed by atoms with Gasteiger partial charge in [-0.05, 0) is 24.1 Å². The molecule has 1 saturated heterocycles. The molecular weight excluding hydrogens is 471 g/mol. The lowest BCUT2D eigenvalue weighted by Crippen LogP contribution is -2.57. The number of anilines is 2. The number of hydrogen-bond acceptors (Lipinski definition) is 5. The molecule has 0 radical (unpaired) electrons. The minimum Gasteiger partial charge on any atom is -0.352 e. The number of rotatable bonds is 6. The first-order chi connectivity index (χ1) is 15.4. The Hall–Kier alpha value is -3.02. The smallest absolute Gasteiger partial charge is 0.352 e. The highest BCUT2D eigenvalue weighted by Gasteiger charge is 2.46. The van der Waals surface area contributed by atoms with E-state index < -0.39 is 48.5 Å². The molecule has 1 aliphatic rings. The SMILES string of the molecule is CC1CC(F)(F)CN(C(=O)c2cc(Cl)ccc2NC=N)[C@@H]1CNc1ncc(C(F)(F)F)cn1. The summed E-state index contributed by atoms with van der Waals surface area (Å²) in [6, 6.07) is 3.51. The van der Waals surface area contributed by atoms with E-state index in [0.717, 1.165) is 11.2 Å². The number of nitrogens with zero attached hydrogens (tertiary/aromatic N) is 3. The zero-order valence-corrected chi connectivity index (χ0v) is 18.0. The number of benzene rings is 1. The van der Waals surface area contributed by atoms with Gasteiger partial charge in [0.2, 0.25) is 5.95 Å². The average molecular weight is 491 g/mol. The average Bonchev–Trinajstić information content (AvgIpc) is 2.72. The van der Waals surface area contributed by atoms with Gasteiger partial charge in [-0.15, -0.1) is 0 Å². The normalized spacial score (nSPS) is 20.3. The molecule has 0 saturated carbocycles. The van der Waals surface area contributed by atoms with Crippen LogP contribution in [0.1, 0.15) is 29.3 Å². The first-order valence-corrected chi connectivity index (χ1v) is 10.2. The maximum Gasteiger partial charge on any atom is 0.419 e. The number of nitrogens with one attached hydrogen (secondary N) is 3. The van der Waals surface area contributed by atoms with Crippen LogP contribution in [-0.4, -0.2) is 52.2 Å². The maximum absolute atomic E-state index is 14.4. The van der Waals surface area contributed by atoms with E-state index in [9.17, 15) is 26.7 Å². The Kier molecular flexibility index (Phi) is 7.06.